The molecule has 122 valence electrons. The van der Waals surface area contributed by atoms with Gasteiger partial charge in [-0.05, 0) is 32.4 Å². The Balaban J connectivity index is 0.00000400. The molecule has 0 amide bonds. The molecule has 2 N–H and O–H groups in total. The Kier molecular flexibility index (Phi) is 9.67. The summed E-state index contributed by atoms with van der Waals surface area (Å²) >= 11 is 0. The first-order valence-corrected chi connectivity index (χ1v) is 8.71. The van der Waals surface area contributed by atoms with E-state index in [1.807, 2.05) is 26.0 Å². The van der Waals surface area contributed by atoms with Gasteiger partial charge in [-0.2, -0.15) is 0 Å². The molecule has 8 heteroatoms. The summed E-state index contributed by atoms with van der Waals surface area (Å²) in [5, 5.41) is 6.31. The third-order valence-corrected chi connectivity index (χ3v) is 3.60. The van der Waals surface area contributed by atoms with Crippen molar-refractivity contribution in [3.05, 3.63) is 24.2 Å². The maximum atomic E-state index is 11.1. The van der Waals surface area contributed by atoms with E-state index >= 15 is 0 Å². The monoisotopic (exact) mass is 429 g/mol. The molecular formula is C13H24IN3O3S. The number of sulfone groups is 1. The molecule has 1 unspecified atom stereocenters. The van der Waals surface area contributed by atoms with Gasteiger partial charge in [-0.25, -0.2) is 13.4 Å². The Bertz CT molecular complexity index is 515. The fourth-order valence-corrected chi connectivity index (χ4v) is 2.36. The molecule has 0 saturated heterocycles. The van der Waals surface area contributed by atoms with Crippen LogP contribution in [-0.2, 0) is 16.4 Å². The third kappa shape index (κ3) is 9.72. The molecule has 0 radical (unpaired) electrons. The van der Waals surface area contributed by atoms with Gasteiger partial charge in [0.25, 0.3) is 0 Å². The average molecular weight is 429 g/mol. The van der Waals surface area contributed by atoms with Gasteiger partial charge in [0, 0.05) is 18.8 Å². The van der Waals surface area contributed by atoms with Gasteiger partial charge in [0.2, 0.25) is 0 Å². The molecule has 0 bridgehead atoms. The largest absolute Gasteiger partial charge is 0.467 e. The fraction of sp³-hybridized carbons (Fsp3) is 0.615. The summed E-state index contributed by atoms with van der Waals surface area (Å²) in [6, 6.07) is 3.71. The molecule has 1 heterocycles. The van der Waals surface area contributed by atoms with Crippen molar-refractivity contribution in [2.45, 2.75) is 32.9 Å². The highest BCUT2D eigenvalue weighted by Gasteiger charge is 2.09. The van der Waals surface area contributed by atoms with Crippen LogP contribution in [0.25, 0.3) is 0 Å². The van der Waals surface area contributed by atoms with E-state index in [2.05, 4.69) is 15.6 Å². The highest BCUT2D eigenvalue weighted by atomic mass is 127. The molecule has 6 nitrogen and oxygen atoms in total. The van der Waals surface area contributed by atoms with E-state index < -0.39 is 9.84 Å². The molecule has 1 aromatic rings. The molecule has 0 spiro atoms. The topological polar surface area (TPSA) is 83.7 Å². The SMILES string of the molecule is CCNC(=NCc1ccco1)NC(C)CCS(C)(=O)=O.I. The quantitative estimate of drug-likeness (QED) is 0.392. The number of nitrogens with one attached hydrogen (secondary N) is 2. The standard InChI is InChI=1S/C13H23N3O3S.HI/c1-4-14-13(15-10-12-6-5-8-19-12)16-11(2)7-9-20(3,17)18;/h5-6,8,11H,4,7,9-10H2,1-3H3,(H2,14,15,16);1H. The summed E-state index contributed by atoms with van der Waals surface area (Å²) < 4.78 is 27.5. The molecule has 1 rings (SSSR count). The smallest absolute Gasteiger partial charge is 0.191 e. The second-order valence-electron chi connectivity index (χ2n) is 4.74. The van der Waals surface area contributed by atoms with Crippen LogP contribution in [0.15, 0.2) is 27.8 Å². The van der Waals surface area contributed by atoms with E-state index in [1.165, 1.54) is 6.26 Å². The lowest BCUT2D eigenvalue weighted by molar-refractivity contribution is 0.511. The molecule has 1 atom stereocenters. The lowest BCUT2D eigenvalue weighted by Gasteiger charge is -2.17. The molecule has 0 saturated carbocycles. The van der Waals surface area contributed by atoms with Gasteiger partial charge in [-0.15, -0.1) is 24.0 Å². The van der Waals surface area contributed by atoms with Crippen molar-refractivity contribution in [1.82, 2.24) is 10.6 Å². The number of aliphatic imine (C=N–C) groups is 1. The number of nitrogens with zero attached hydrogens (tertiary/aromatic N) is 1. The molecule has 21 heavy (non-hydrogen) atoms. The molecule has 0 aliphatic heterocycles. The van der Waals surface area contributed by atoms with Crippen LogP contribution in [-0.4, -0.2) is 39.0 Å². The van der Waals surface area contributed by atoms with Crippen LogP contribution in [0, 0.1) is 0 Å². The summed E-state index contributed by atoms with van der Waals surface area (Å²) in [6.07, 6.45) is 3.40. The van der Waals surface area contributed by atoms with Crippen molar-refractivity contribution < 1.29 is 12.8 Å². The van der Waals surface area contributed by atoms with Gasteiger partial charge in [0.15, 0.2) is 5.96 Å². The zero-order chi connectivity index (χ0) is 15.0. The fourth-order valence-electron chi connectivity index (χ4n) is 1.58. The van der Waals surface area contributed by atoms with Crippen molar-refractivity contribution in [3.8, 4) is 0 Å². The summed E-state index contributed by atoms with van der Waals surface area (Å²) in [7, 11) is -2.93. The number of rotatable bonds is 7. The van der Waals surface area contributed by atoms with Crippen LogP contribution in [0.5, 0.6) is 0 Å². The molecular weight excluding hydrogens is 405 g/mol. The second kappa shape index (κ2) is 10.0. The lowest BCUT2D eigenvalue weighted by atomic mass is 10.3. The Hall–Kier alpha value is -0.770. The van der Waals surface area contributed by atoms with Crippen LogP contribution >= 0.6 is 24.0 Å². The Morgan fingerprint density at radius 3 is 2.71 bits per heavy atom. The number of hydrogen-bond acceptors (Lipinski definition) is 4. The van der Waals surface area contributed by atoms with Crippen molar-refractivity contribution in [1.29, 1.82) is 0 Å². The van der Waals surface area contributed by atoms with Gasteiger partial charge >= 0.3 is 0 Å². The first-order valence-electron chi connectivity index (χ1n) is 6.65. The first kappa shape index (κ1) is 20.2. The van der Waals surface area contributed by atoms with Crippen molar-refractivity contribution in [2.24, 2.45) is 4.99 Å². The van der Waals surface area contributed by atoms with Gasteiger partial charge < -0.3 is 15.1 Å². The summed E-state index contributed by atoms with van der Waals surface area (Å²) in [4.78, 5) is 4.39. The zero-order valence-electron chi connectivity index (χ0n) is 12.6. The van der Waals surface area contributed by atoms with Crippen LogP contribution in [0.1, 0.15) is 26.0 Å². The molecule has 0 aromatic carbocycles. The highest BCUT2D eigenvalue weighted by molar-refractivity contribution is 14.0. The van der Waals surface area contributed by atoms with Gasteiger partial charge in [-0.3, -0.25) is 0 Å². The lowest BCUT2D eigenvalue weighted by Crippen LogP contribution is -2.42. The van der Waals surface area contributed by atoms with Crippen LogP contribution in [0.2, 0.25) is 0 Å². The molecule has 0 aliphatic rings. The minimum absolute atomic E-state index is 0. The average Bonchev–Trinajstić information content (AvgIpc) is 2.86. The summed E-state index contributed by atoms with van der Waals surface area (Å²) in [5.74, 6) is 1.61. The van der Waals surface area contributed by atoms with Gasteiger partial charge in [-0.1, -0.05) is 0 Å². The summed E-state index contributed by atoms with van der Waals surface area (Å²) in [5.41, 5.74) is 0. The maximum absolute atomic E-state index is 11.1. The minimum atomic E-state index is -2.93. The van der Waals surface area contributed by atoms with E-state index in [0.29, 0.717) is 18.9 Å². The van der Waals surface area contributed by atoms with Gasteiger partial charge in [0.1, 0.15) is 22.1 Å². The summed E-state index contributed by atoms with van der Waals surface area (Å²) in [6.45, 7) is 5.10. The van der Waals surface area contributed by atoms with Crippen molar-refractivity contribution >= 4 is 39.8 Å². The Morgan fingerprint density at radius 1 is 1.48 bits per heavy atom. The molecule has 1 aromatic heterocycles. The van der Waals surface area contributed by atoms with E-state index in [1.54, 1.807) is 6.26 Å². The van der Waals surface area contributed by atoms with Crippen LogP contribution in [0.3, 0.4) is 0 Å². The van der Waals surface area contributed by atoms with Crippen molar-refractivity contribution in [3.63, 3.8) is 0 Å². The second-order valence-corrected chi connectivity index (χ2v) is 7.00. The number of halogens is 1. The maximum Gasteiger partial charge on any atom is 0.191 e. The van der Waals surface area contributed by atoms with Gasteiger partial charge in [0.05, 0.1) is 12.0 Å². The highest BCUT2D eigenvalue weighted by Crippen LogP contribution is 2.01. The minimum Gasteiger partial charge on any atom is -0.467 e. The number of hydrogen-bond donors (Lipinski definition) is 2. The Labute approximate surface area is 143 Å². The van der Waals surface area contributed by atoms with E-state index in [9.17, 15) is 8.42 Å². The number of guanidine groups is 1. The van der Waals surface area contributed by atoms with Crippen molar-refractivity contribution in [2.75, 3.05) is 18.6 Å². The Morgan fingerprint density at radius 2 is 2.19 bits per heavy atom. The van der Waals surface area contributed by atoms with Crippen LogP contribution < -0.4 is 10.6 Å². The normalized spacial score (nSPS) is 13.4. The molecule has 0 fully saturated rings. The predicted octanol–water partition coefficient (Wildman–Crippen LogP) is 1.78. The van der Waals surface area contributed by atoms with E-state index in [4.69, 9.17) is 4.42 Å². The molecule has 0 aliphatic carbocycles. The zero-order valence-corrected chi connectivity index (χ0v) is 15.8. The van der Waals surface area contributed by atoms with Crippen LogP contribution in [0.4, 0.5) is 0 Å². The predicted molar refractivity (Wildman–Crippen MR) is 95.9 cm³/mol. The van der Waals surface area contributed by atoms with E-state index in [-0.39, 0.29) is 35.8 Å². The first-order chi connectivity index (χ1) is 9.40. The number of furan rings is 1. The third-order valence-electron chi connectivity index (χ3n) is 2.62. The van der Waals surface area contributed by atoms with E-state index in [0.717, 1.165) is 12.3 Å².